The second-order valence-corrected chi connectivity index (χ2v) is 6.69. The molecule has 3 rings (SSSR count). The Labute approximate surface area is 165 Å². The number of rotatable bonds is 7. The summed E-state index contributed by atoms with van der Waals surface area (Å²) in [6.07, 6.45) is 2.19. The normalized spacial score (nSPS) is 16.0. The van der Waals surface area contributed by atoms with Gasteiger partial charge in [-0.1, -0.05) is 41.9 Å². The molecular formula is C20H24Cl2N2O2. The summed E-state index contributed by atoms with van der Waals surface area (Å²) in [6.45, 7) is 3.15. The fraction of sp³-hybridized carbons (Fsp3) is 0.350. The number of para-hydroxylation sites is 1. The molecule has 1 aliphatic heterocycles. The zero-order valence-corrected chi connectivity index (χ0v) is 16.1. The van der Waals surface area contributed by atoms with Crippen molar-refractivity contribution in [2.24, 2.45) is 5.92 Å². The number of ether oxygens (including phenoxy) is 1. The first-order valence-corrected chi connectivity index (χ1v) is 9.06. The molecule has 0 spiro atoms. The van der Waals surface area contributed by atoms with Crippen LogP contribution in [0.4, 0.5) is 0 Å². The van der Waals surface area contributed by atoms with Crippen molar-refractivity contribution < 1.29 is 9.53 Å². The van der Waals surface area contributed by atoms with Crippen molar-refractivity contribution in [2.75, 3.05) is 19.6 Å². The Morgan fingerprint density at radius 3 is 2.73 bits per heavy atom. The Hall–Kier alpha value is -1.75. The predicted octanol–water partition coefficient (Wildman–Crippen LogP) is 4.07. The van der Waals surface area contributed by atoms with Crippen molar-refractivity contribution >= 4 is 29.9 Å². The molecule has 0 radical (unpaired) electrons. The number of amides is 1. The van der Waals surface area contributed by atoms with Gasteiger partial charge in [0.15, 0.2) is 0 Å². The second-order valence-electron chi connectivity index (χ2n) is 6.28. The van der Waals surface area contributed by atoms with E-state index in [1.165, 1.54) is 6.42 Å². The van der Waals surface area contributed by atoms with Crippen LogP contribution in [0.5, 0.6) is 5.75 Å². The highest BCUT2D eigenvalue weighted by Crippen LogP contribution is 2.22. The highest BCUT2D eigenvalue weighted by Gasteiger charge is 2.16. The van der Waals surface area contributed by atoms with E-state index in [2.05, 4.69) is 10.6 Å². The number of hydrogen-bond acceptors (Lipinski definition) is 3. The molecule has 1 unspecified atom stereocenters. The minimum absolute atomic E-state index is 0. The molecule has 1 fully saturated rings. The number of carbonyl (C=O) groups excluding carboxylic acids is 1. The van der Waals surface area contributed by atoms with E-state index in [0.717, 1.165) is 25.1 Å². The summed E-state index contributed by atoms with van der Waals surface area (Å²) in [5.74, 6) is 1.13. The van der Waals surface area contributed by atoms with Gasteiger partial charge in [-0.2, -0.15) is 0 Å². The topological polar surface area (TPSA) is 50.4 Å². The number of halogens is 2. The van der Waals surface area contributed by atoms with Gasteiger partial charge in [-0.15, -0.1) is 12.4 Å². The van der Waals surface area contributed by atoms with E-state index in [9.17, 15) is 4.79 Å². The van der Waals surface area contributed by atoms with E-state index in [4.69, 9.17) is 16.3 Å². The molecule has 1 aliphatic rings. The van der Waals surface area contributed by atoms with Crippen molar-refractivity contribution in [3.05, 3.63) is 64.7 Å². The summed E-state index contributed by atoms with van der Waals surface area (Å²) < 4.78 is 5.85. The molecule has 2 N–H and O–H groups in total. The van der Waals surface area contributed by atoms with Crippen LogP contribution in [0.3, 0.4) is 0 Å². The van der Waals surface area contributed by atoms with E-state index in [1.54, 1.807) is 6.07 Å². The van der Waals surface area contributed by atoms with Gasteiger partial charge in [0, 0.05) is 17.1 Å². The highest BCUT2D eigenvalue weighted by molar-refractivity contribution is 6.31. The van der Waals surface area contributed by atoms with Gasteiger partial charge in [-0.3, -0.25) is 4.79 Å². The summed E-state index contributed by atoms with van der Waals surface area (Å²) >= 11 is 6.16. The first-order chi connectivity index (χ1) is 12.2. The second kappa shape index (κ2) is 10.4. The number of benzene rings is 2. The van der Waals surface area contributed by atoms with Crippen LogP contribution >= 0.6 is 24.0 Å². The predicted molar refractivity (Wildman–Crippen MR) is 107 cm³/mol. The molecule has 6 heteroatoms. The molecule has 1 heterocycles. The lowest BCUT2D eigenvalue weighted by Gasteiger charge is -2.13. The summed E-state index contributed by atoms with van der Waals surface area (Å²) in [6, 6.07) is 14.9. The van der Waals surface area contributed by atoms with Gasteiger partial charge in [-0.25, -0.2) is 0 Å². The monoisotopic (exact) mass is 394 g/mol. The maximum absolute atomic E-state index is 12.5. The van der Waals surface area contributed by atoms with Gasteiger partial charge in [-0.05, 0) is 50.0 Å². The summed E-state index contributed by atoms with van der Waals surface area (Å²) in [5, 5.41) is 7.01. The Bertz CT molecular complexity index is 718. The Morgan fingerprint density at radius 1 is 1.19 bits per heavy atom. The minimum Gasteiger partial charge on any atom is -0.488 e. The molecule has 0 saturated carbocycles. The van der Waals surface area contributed by atoms with Gasteiger partial charge in [0.05, 0.1) is 5.56 Å². The molecular weight excluding hydrogens is 371 g/mol. The molecule has 2 aromatic rings. The molecule has 26 heavy (non-hydrogen) atoms. The van der Waals surface area contributed by atoms with Crippen molar-refractivity contribution in [3.8, 4) is 5.75 Å². The summed E-state index contributed by atoms with van der Waals surface area (Å²) in [4.78, 5) is 12.5. The van der Waals surface area contributed by atoms with Gasteiger partial charge < -0.3 is 15.4 Å². The van der Waals surface area contributed by atoms with Crippen LogP contribution in [0.1, 0.15) is 28.8 Å². The molecule has 0 aliphatic carbocycles. The van der Waals surface area contributed by atoms with Crippen molar-refractivity contribution in [1.29, 1.82) is 0 Å². The maximum Gasteiger partial charge on any atom is 0.255 e. The molecule has 0 aromatic heterocycles. The lowest BCUT2D eigenvalue weighted by molar-refractivity contribution is 0.0947. The van der Waals surface area contributed by atoms with Gasteiger partial charge >= 0.3 is 0 Å². The fourth-order valence-corrected chi connectivity index (χ4v) is 3.19. The van der Waals surface area contributed by atoms with E-state index in [1.807, 2.05) is 42.5 Å². The van der Waals surface area contributed by atoms with E-state index >= 15 is 0 Å². The molecule has 1 amide bonds. The lowest BCUT2D eigenvalue weighted by atomic mass is 10.1. The van der Waals surface area contributed by atoms with Crippen LogP contribution in [0.15, 0.2) is 48.5 Å². The van der Waals surface area contributed by atoms with Crippen molar-refractivity contribution in [1.82, 2.24) is 10.6 Å². The molecule has 1 saturated heterocycles. The third kappa shape index (κ3) is 5.63. The minimum atomic E-state index is -0.0966. The molecule has 0 bridgehead atoms. The molecule has 1 atom stereocenters. The summed E-state index contributed by atoms with van der Waals surface area (Å²) in [5.41, 5.74) is 1.45. The fourth-order valence-electron chi connectivity index (χ4n) is 3.00. The highest BCUT2D eigenvalue weighted by atomic mass is 35.5. The average molecular weight is 395 g/mol. The average Bonchev–Trinajstić information content (AvgIpc) is 3.15. The molecule has 4 nitrogen and oxygen atoms in total. The van der Waals surface area contributed by atoms with Crippen LogP contribution in [0.25, 0.3) is 0 Å². The first-order valence-electron chi connectivity index (χ1n) is 8.68. The SMILES string of the molecule is Cl.O=C(NCCC1CCNC1)c1ccccc1OCc1ccccc1Cl. The van der Waals surface area contributed by atoms with Crippen LogP contribution < -0.4 is 15.4 Å². The van der Waals surface area contributed by atoms with Gasteiger partial charge in [0.2, 0.25) is 0 Å². The maximum atomic E-state index is 12.5. The van der Waals surface area contributed by atoms with Gasteiger partial charge in [0.25, 0.3) is 5.91 Å². The lowest BCUT2D eigenvalue weighted by Crippen LogP contribution is -2.26. The van der Waals surface area contributed by atoms with Crippen LogP contribution in [-0.2, 0) is 6.61 Å². The largest absolute Gasteiger partial charge is 0.488 e. The smallest absolute Gasteiger partial charge is 0.255 e. The quantitative estimate of drug-likeness (QED) is 0.743. The van der Waals surface area contributed by atoms with E-state index in [0.29, 0.717) is 35.4 Å². The van der Waals surface area contributed by atoms with E-state index in [-0.39, 0.29) is 18.3 Å². The number of hydrogen-bond donors (Lipinski definition) is 2. The third-order valence-corrected chi connectivity index (χ3v) is 4.84. The zero-order chi connectivity index (χ0) is 17.5. The Morgan fingerprint density at radius 2 is 1.96 bits per heavy atom. The molecule has 2 aromatic carbocycles. The molecule has 140 valence electrons. The standard InChI is InChI=1S/C20H23ClN2O2.ClH/c21-18-7-3-1-5-16(18)14-25-19-8-4-2-6-17(19)20(24)23-12-10-15-9-11-22-13-15;/h1-8,15,22H,9-14H2,(H,23,24);1H. The van der Waals surface area contributed by atoms with Crippen LogP contribution in [0.2, 0.25) is 5.02 Å². The number of carbonyl (C=O) groups is 1. The van der Waals surface area contributed by atoms with E-state index < -0.39 is 0 Å². The number of nitrogens with one attached hydrogen (secondary N) is 2. The Balaban J connectivity index is 0.00000243. The zero-order valence-electron chi connectivity index (χ0n) is 14.5. The van der Waals surface area contributed by atoms with Gasteiger partial charge in [0.1, 0.15) is 12.4 Å². The van der Waals surface area contributed by atoms with Crippen molar-refractivity contribution in [2.45, 2.75) is 19.4 Å². The van der Waals surface area contributed by atoms with Crippen molar-refractivity contribution in [3.63, 3.8) is 0 Å². The van der Waals surface area contributed by atoms with Crippen LogP contribution in [-0.4, -0.2) is 25.5 Å². The third-order valence-electron chi connectivity index (χ3n) is 4.47. The first kappa shape index (κ1) is 20.6. The van der Waals surface area contributed by atoms with Crippen LogP contribution in [0, 0.1) is 5.92 Å². The Kier molecular flexibility index (Phi) is 8.23. The summed E-state index contributed by atoms with van der Waals surface area (Å²) in [7, 11) is 0.